The van der Waals surface area contributed by atoms with E-state index in [0.29, 0.717) is 36.6 Å². The van der Waals surface area contributed by atoms with Gasteiger partial charge in [0.1, 0.15) is 0 Å². The summed E-state index contributed by atoms with van der Waals surface area (Å²) in [6.45, 7) is 3.30. The van der Waals surface area contributed by atoms with Gasteiger partial charge in [0.25, 0.3) is 5.91 Å². The highest BCUT2D eigenvalue weighted by atomic mass is 32.2. The first-order valence-electron chi connectivity index (χ1n) is 9.30. The van der Waals surface area contributed by atoms with Gasteiger partial charge in [-0.05, 0) is 42.0 Å². The van der Waals surface area contributed by atoms with Crippen LogP contribution in [0.3, 0.4) is 0 Å². The molecule has 0 bridgehead atoms. The Balaban J connectivity index is 1.47. The van der Waals surface area contributed by atoms with Crippen LogP contribution in [0.2, 0.25) is 0 Å². The first-order valence-corrected chi connectivity index (χ1v) is 10.7. The third kappa shape index (κ3) is 3.53. The van der Waals surface area contributed by atoms with Crippen LogP contribution in [0.5, 0.6) is 0 Å². The molecule has 144 valence electrons. The molecule has 1 aliphatic rings. The van der Waals surface area contributed by atoms with Crippen molar-refractivity contribution in [3.05, 3.63) is 77.9 Å². The number of carbonyl (C=O) groups excluding carboxylic acids is 1. The standard InChI is InChI=1S/C22H22N2O3S/c1-17-6-10-21(11-7-17)28(26,27)24-14-12-23(13-15-24)22(25)20-9-8-18-4-2-3-5-19(18)16-20/h2-11,16H,12-15H2,1H3. The highest BCUT2D eigenvalue weighted by Crippen LogP contribution is 2.20. The van der Waals surface area contributed by atoms with Crippen LogP contribution in [-0.4, -0.2) is 49.7 Å². The summed E-state index contributed by atoms with van der Waals surface area (Å²) < 4.78 is 27.1. The molecule has 1 heterocycles. The van der Waals surface area contributed by atoms with Crippen LogP contribution in [0.1, 0.15) is 15.9 Å². The van der Waals surface area contributed by atoms with Gasteiger partial charge in [0.05, 0.1) is 4.90 Å². The molecule has 4 rings (SSSR count). The Morgan fingerprint density at radius 3 is 2.14 bits per heavy atom. The van der Waals surface area contributed by atoms with E-state index in [4.69, 9.17) is 0 Å². The average molecular weight is 394 g/mol. The molecule has 0 radical (unpaired) electrons. The molecule has 5 nitrogen and oxygen atoms in total. The molecule has 0 aromatic heterocycles. The molecular weight excluding hydrogens is 372 g/mol. The summed E-state index contributed by atoms with van der Waals surface area (Å²) in [7, 11) is -3.53. The number of hydrogen-bond donors (Lipinski definition) is 0. The van der Waals surface area contributed by atoms with Crippen LogP contribution in [0.25, 0.3) is 10.8 Å². The Morgan fingerprint density at radius 2 is 1.46 bits per heavy atom. The number of sulfonamides is 1. The Kier molecular flexibility index (Phi) is 4.91. The summed E-state index contributed by atoms with van der Waals surface area (Å²) in [5.41, 5.74) is 1.65. The maximum absolute atomic E-state index is 12.9. The first-order chi connectivity index (χ1) is 13.4. The van der Waals surface area contributed by atoms with Crippen LogP contribution in [-0.2, 0) is 10.0 Å². The molecule has 0 N–H and O–H groups in total. The molecule has 3 aromatic carbocycles. The van der Waals surface area contributed by atoms with Crippen molar-refractivity contribution in [3.8, 4) is 0 Å². The van der Waals surface area contributed by atoms with Gasteiger partial charge in [-0.3, -0.25) is 4.79 Å². The predicted molar refractivity (Wildman–Crippen MR) is 110 cm³/mol. The van der Waals surface area contributed by atoms with Crippen molar-refractivity contribution < 1.29 is 13.2 Å². The minimum absolute atomic E-state index is 0.0573. The van der Waals surface area contributed by atoms with Gasteiger partial charge in [-0.2, -0.15) is 4.31 Å². The van der Waals surface area contributed by atoms with E-state index in [-0.39, 0.29) is 5.91 Å². The monoisotopic (exact) mass is 394 g/mol. The third-order valence-electron chi connectivity index (χ3n) is 5.18. The normalized spacial score (nSPS) is 15.7. The van der Waals surface area contributed by atoms with Gasteiger partial charge < -0.3 is 4.90 Å². The summed E-state index contributed by atoms with van der Waals surface area (Å²) in [5, 5.41) is 2.11. The van der Waals surface area contributed by atoms with Crippen LogP contribution >= 0.6 is 0 Å². The molecule has 28 heavy (non-hydrogen) atoms. The van der Waals surface area contributed by atoms with Crippen molar-refractivity contribution in [1.82, 2.24) is 9.21 Å². The second-order valence-corrected chi connectivity index (χ2v) is 9.01. The quantitative estimate of drug-likeness (QED) is 0.685. The minimum atomic E-state index is -3.53. The lowest BCUT2D eigenvalue weighted by atomic mass is 10.1. The van der Waals surface area contributed by atoms with Gasteiger partial charge >= 0.3 is 0 Å². The highest BCUT2D eigenvalue weighted by molar-refractivity contribution is 7.89. The number of carbonyl (C=O) groups is 1. The largest absolute Gasteiger partial charge is 0.336 e. The lowest BCUT2D eigenvalue weighted by Gasteiger charge is -2.34. The smallest absolute Gasteiger partial charge is 0.253 e. The average Bonchev–Trinajstić information content (AvgIpc) is 2.73. The number of aryl methyl sites for hydroxylation is 1. The van der Waals surface area contributed by atoms with E-state index in [1.807, 2.05) is 49.4 Å². The molecule has 3 aromatic rings. The predicted octanol–water partition coefficient (Wildman–Crippen LogP) is 3.29. The van der Waals surface area contributed by atoms with Crippen molar-refractivity contribution in [2.45, 2.75) is 11.8 Å². The highest BCUT2D eigenvalue weighted by Gasteiger charge is 2.30. The van der Waals surface area contributed by atoms with Gasteiger partial charge in [-0.1, -0.05) is 48.0 Å². The van der Waals surface area contributed by atoms with Crippen molar-refractivity contribution in [1.29, 1.82) is 0 Å². The number of rotatable bonds is 3. The Labute approximate surface area is 165 Å². The van der Waals surface area contributed by atoms with Gasteiger partial charge in [0.15, 0.2) is 0 Å². The van der Waals surface area contributed by atoms with Gasteiger partial charge in [-0.15, -0.1) is 0 Å². The molecule has 1 fully saturated rings. The number of piperazine rings is 1. The van der Waals surface area contributed by atoms with E-state index < -0.39 is 10.0 Å². The fraction of sp³-hybridized carbons (Fsp3) is 0.227. The number of benzene rings is 3. The van der Waals surface area contributed by atoms with Gasteiger partial charge in [0, 0.05) is 31.7 Å². The number of hydrogen-bond acceptors (Lipinski definition) is 3. The summed E-state index contributed by atoms with van der Waals surface area (Å²) >= 11 is 0. The maximum Gasteiger partial charge on any atom is 0.253 e. The summed E-state index contributed by atoms with van der Waals surface area (Å²) in [5.74, 6) is -0.0573. The van der Waals surface area contributed by atoms with Crippen LogP contribution < -0.4 is 0 Å². The summed E-state index contributed by atoms with van der Waals surface area (Å²) in [6, 6.07) is 20.5. The Hall–Kier alpha value is -2.70. The third-order valence-corrected chi connectivity index (χ3v) is 7.09. The molecule has 0 spiro atoms. The minimum Gasteiger partial charge on any atom is -0.336 e. The zero-order valence-corrected chi connectivity index (χ0v) is 16.5. The van der Waals surface area contributed by atoms with E-state index >= 15 is 0 Å². The number of nitrogens with zero attached hydrogens (tertiary/aromatic N) is 2. The van der Waals surface area contributed by atoms with Crippen LogP contribution in [0.4, 0.5) is 0 Å². The second kappa shape index (κ2) is 7.37. The molecule has 1 aliphatic heterocycles. The fourth-order valence-electron chi connectivity index (χ4n) is 3.50. The molecule has 0 aliphatic carbocycles. The molecule has 0 saturated carbocycles. The van der Waals surface area contributed by atoms with E-state index in [1.165, 1.54) is 4.31 Å². The SMILES string of the molecule is Cc1ccc(S(=O)(=O)N2CCN(C(=O)c3ccc4ccccc4c3)CC2)cc1. The maximum atomic E-state index is 12.9. The number of fused-ring (bicyclic) bond motifs is 1. The van der Waals surface area contributed by atoms with Crippen molar-refractivity contribution in [2.75, 3.05) is 26.2 Å². The van der Waals surface area contributed by atoms with Gasteiger partial charge in [0.2, 0.25) is 10.0 Å². The molecule has 6 heteroatoms. The lowest BCUT2D eigenvalue weighted by molar-refractivity contribution is 0.0698. The molecule has 1 amide bonds. The summed E-state index contributed by atoms with van der Waals surface area (Å²) in [6.07, 6.45) is 0. The Morgan fingerprint density at radius 1 is 0.821 bits per heavy atom. The number of amides is 1. The van der Waals surface area contributed by atoms with E-state index in [9.17, 15) is 13.2 Å². The van der Waals surface area contributed by atoms with Gasteiger partial charge in [-0.25, -0.2) is 8.42 Å². The van der Waals surface area contributed by atoms with Crippen molar-refractivity contribution in [2.24, 2.45) is 0 Å². The topological polar surface area (TPSA) is 57.7 Å². The molecular formula is C22H22N2O3S. The van der Waals surface area contributed by atoms with Crippen molar-refractivity contribution >= 4 is 26.7 Å². The van der Waals surface area contributed by atoms with Crippen molar-refractivity contribution in [3.63, 3.8) is 0 Å². The second-order valence-electron chi connectivity index (χ2n) is 7.07. The van der Waals surface area contributed by atoms with Crippen LogP contribution in [0.15, 0.2) is 71.6 Å². The molecule has 0 unspecified atom stereocenters. The van der Waals surface area contributed by atoms with E-state index in [1.54, 1.807) is 29.2 Å². The molecule has 1 saturated heterocycles. The van der Waals surface area contributed by atoms with E-state index in [2.05, 4.69) is 0 Å². The lowest BCUT2D eigenvalue weighted by Crippen LogP contribution is -2.50. The zero-order valence-electron chi connectivity index (χ0n) is 15.7. The van der Waals surface area contributed by atoms with E-state index in [0.717, 1.165) is 16.3 Å². The molecule has 0 atom stereocenters. The van der Waals surface area contributed by atoms with Crippen LogP contribution in [0, 0.1) is 6.92 Å². The fourth-order valence-corrected chi connectivity index (χ4v) is 4.92. The zero-order chi connectivity index (χ0) is 19.7. The Bertz CT molecular complexity index is 1120. The summed E-state index contributed by atoms with van der Waals surface area (Å²) in [4.78, 5) is 14.9. The first kappa shape index (κ1) is 18.7.